The summed E-state index contributed by atoms with van der Waals surface area (Å²) >= 11 is 0. The molecule has 0 bridgehead atoms. The Hall–Kier alpha value is -1.59. The van der Waals surface area contributed by atoms with Crippen LogP contribution in [0.5, 0.6) is 0 Å². The van der Waals surface area contributed by atoms with Crippen molar-refractivity contribution >= 4 is 17.9 Å². The summed E-state index contributed by atoms with van der Waals surface area (Å²) in [5, 5.41) is 0. The summed E-state index contributed by atoms with van der Waals surface area (Å²) in [5.74, 6) is -2.28. The van der Waals surface area contributed by atoms with E-state index in [0.29, 0.717) is 0 Å². The van der Waals surface area contributed by atoms with Crippen LogP contribution in [0.4, 0.5) is 0 Å². The monoisotopic (exact) mass is 246 g/mol. The number of rotatable bonds is 5. The van der Waals surface area contributed by atoms with Gasteiger partial charge in [0.1, 0.15) is 0 Å². The number of carbonyl (C=O) groups excluding carboxylic acids is 3. The topological polar surface area (TPSA) is 78.9 Å². The molecule has 0 aromatic heterocycles. The number of ether oxygens (including phenoxy) is 3. The molecule has 0 aliphatic rings. The molecule has 6 nitrogen and oxygen atoms in total. The standard InChI is InChI=1S/C11H18O6/c1-6(2)9(12)16-8(4)11(14)17-7(3)10(13)15-5/h6-8H,1-5H3. The highest BCUT2D eigenvalue weighted by molar-refractivity contribution is 5.83. The predicted molar refractivity (Wildman–Crippen MR) is 58.0 cm³/mol. The molecule has 0 aliphatic heterocycles. The van der Waals surface area contributed by atoms with Gasteiger partial charge in [-0.05, 0) is 13.8 Å². The number of methoxy groups -OCH3 is 1. The Balaban J connectivity index is 4.23. The first-order chi connectivity index (χ1) is 7.79. The minimum atomic E-state index is -1.04. The van der Waals surface area contributed by atoms with Crippen LogP contribution in [0.3, 0.4) is 0 Å². The number of carbonyl (C=O) groups is 3. The quantitative estimate of drug-likeness (QED) is 0.524. The van der Waals surface area contributed by atoms with E-state index in [0.717, 1.165) is 0 Å². The number of hydrogen-bond acceptors (Lipinski definition) is 6. The van der Waals surface area contributed by atoms with Crippen LogP contribution in [0.2, 0.25) is 0 Å². The van der Waals surface area contributed by atoms with Gasteiger partial charge in [-0.2, -0.15) is 0 Å². The molecule has 0 heterocycles. The van der Waals surface area contributed by atoms with Gasteiger partial charge in [0.15, 0.2) is 12.2 Å². The molecule has 0 rings (SSSR count). The van der Waals surface area contributed by atoms with Gasteiger partial charge in [-0.3, -0.25) is 4.79 Å². The second-order valence-electron chi connectivity index (χ2n) is 3.84. The summed E-state index contributed by atoms with van der Waals surface area (Å²) in [5.41, 5.74) is 0. The van der Waals surface area contributed by atoms with Gasteiger partial charge in [-0.1, -0.05) is 13.8 Å². The normalized spacial score (nSPS) is 13.8. The van der Waals surface area contributed by atoms with E-state index in [2.05, 4.69) is 4.74 Å². The zero-order valence-electron chi connectivity index (χ0n) is 10.7. The lowest BCUT2D eigenvalue weighted by molar-refractivity contribution is -0.176. The molecule has 17 heavy (non-hydrogen) atoms. The lowest BCUT2D eigenvalue weighted by Crippen LogP contribution is -2.33. The Morgan fingerprint density at radius 1 is 0.765 bits per heavy atom. The van der Waals surface area contributed by atoms with E-state index in [1.54, 1.807) is 13.8 Å². The molecule has 2 atom stereocenters. The molecule has 0 saturated heterocycles. The van der Waals surface area contributed by atoms with Gasteiger partial charge in [-0.15, -0.1) is 0 Å². The summed E-state index contributed by atoms with van der Waals surface area (Å²) < 4.78 is 14.0. The maximum Gasteiger partial charge on any atom is 0.347 e. The molecule has 98 valence electrons. The highest BCUT2D eigenvalue weighted by Gasteiger charge is 2.25. The average Bonchev–Trinajstić information content (AvgIpc) is 2.27. The van der Waals surface area contributed by atoms with Crippen LogP contribution in [-0.4, -0.2) is 37.2 Å². The molecule has 0 aromatic rings. The van der Waals surface area contributed by atoms with Crippen molar-refractivity contribution in [2.45, 2.75) is 39.9 Å². The minimum absolute atomic E-state index is 0.330. The van der Waals surface area contributed by atoms with Gasteiger partial charge in [0.05, 0.1) is 13.0 Å². The van der Waals surface area contributed by atoms with Gasteiger partial charge >= 0.3 is 17.9 Å². The van der Waals surface area contributed by atoms with Gasteiger partial charge in [0.2, 0.25) is 0 Å². The smallest absolute Gasteiger partial charge is 0.347 e. The van der Waals surface area contributed by atoms with Gasteiger partial charge in [0, 0.05) is 0 Å². The molecular formula is C11H18O6. The first-order valence-electron chi connectivity index (χ1n) is 5.28. The molecule has 2 unspecified atom stereocenters. The Kier molecular flexibility index (Phi) is 6.23. The van der Waals surface area contributed by atoms with Crippen LogP contribution in [0.15, 0.2) is 0 Å². The third-order valence-electron chi connectivity index (χ3n) is 1.92. The van der Waals surface area contributed by atoms with E-state index in [1.165, 1.54) is 21.0 Å². The van der Waals surface area contributed by atoms with E-state index >= 15 is 0 Å². The lowest BCUT2D eigenvalue weighted by atomic mass is 10.2. The van der Waals surface area contributed by atoms with Crippen LogP contribution in [0.25, 0.3) is 0 Å². The van der Waals surface area contributed by atoms with Crippen molar-refractivity contribution in [2.24, 2.45) is 5.92 Å². The van der Waals surface area contributed by atoms with Crippen LogP contribution in [0, 0.1) is 5.92 Å². The first-order valence-corrected chi connectivity index (χ1v) is 5.28. The Bertz CT molecular complexity index is 296. The third-order valence-corrected chi connectivity index (χ3v) is 1.92. The molecule has 0 radical (unpaired) electrons. The zero-order chi connectivity index (χ0) is 13.6. The van der Waals surface area contributed by atoms with Crippen molar-refractivity contribution < 1.29 is 28.6 Å². The van der Waals surface area contributed by atoms with E-state index in [1.807, 2.05) is 0 Å². The molecule has 0 aromatic carbocycles. The molecule has 0 aliphatic carbocycles. The molecule has 0 saturated carbocycles. The maximum absolute atomic E-state index is 11.4. The summed E-state index contributed by atoms with van der Waals surface area (Å²) in [6.07, 6.45) is -2.07. The average molecular weight is 246 g/mol. The van der Waals surface area contributed by atoms with E-state index in [4.69, 9.17) is 9.47 Å². The second kappa shape index (κ2) is 6.88. The van der Waals surface area contributed by atoms with Crippen molar-refractivity contribution in [1.29, 1.82) is 0 Å². The first kappa shape index (κ1) is 15.4. The molecular weight excluding hydrogens is 228 g/mol. The van der Waals surface area contributed by atoms with Crippen molar-refractivity contribution in [3.05, 3.63) is 0 Å². The van der Waals surface area contributed by atoms with Gasteiger partial charge < -0.3 is 14.2 Å². The molecule has 0 spiro atoms. The van der Waals surface area contributed by atoms with Crippen LogP contribution in [0.1, 0.15) is 27.7 Å². The molecule has 6 heteroatoms. The SMILES string of the molecule is COC(=O)C(C)OC(=O)C(C)OC(=O)C(C)C. The molecule has 0 N–H and O–H groups in total. The molecule has 0 fully saturated rings. The fourth-order valence-corrected chi connectivity index (χ4v) is 0.843. The van der Waals surface area contributed by atoms with Gasteiger partial charge in [0.25, 0.3) is 0 Å². The Labute approximate surface area is 100 Å². The van der Waals surface area contributed by atoms with E-state index in [9.17, 15) is 14.4 Å². The summed E-state index contributed by atoms with van der Waals surface area (Å²) in [6, 6.07) is 0. The summed E-state index contributed by atoms with van der Waals surface area (Å²) in [4.78, 5) is 33.6. The number of hydrogen-bond donors (Lipinski definition) is 0. The third kappa shape index (κ3) is 5.33. The van der Waals surface area contributed by atoms with Crippen molar-refractivity contribution in [1.82, 2.24) is 0 Å². The van der Waals surface area contributed by atoms with E-state index in [-0.39, 0.29) is 5.92 Å². The Morgan fingerprint density at radius 3 is 1.59 bits per heavy atom. The fraction of sp³-hybridized carbons (Fsp3) is 0.727. The minimum Gasteiger partial charge on any atom is -0.466 e. The van der Waals surface area contributed by atoms with Crippen LogP contribution >= 0.6 is 0 Å². The van der Waals surface area contributed by atoms with Gasteiger partial charge in [-0.25, -0.2) is 9.59 Å². The highest BCUT2D eigenvalue weighted by Crippen LogP contribution is 2.04. The summed E-state index contributed by atoms with van der Waals surface area (Å²) in [6.45, 7) is 6.06. The second-order valence-corrected chi connectivity index (χ2v) is 3.84. The fourth-order valence-electron chi connectivity index (χ4n) is 0.843. The van der Waals surface area contributed by atoms with E-state index < -0.39 is 30.1 Å². The van der Waals surface area contributed by atoms with Crippen molar-refractivity contribution in [3.8, 4) is 0 Å². The van der Waals surface area contributed by atoms with Crippen LogP contribution < -0.4 is 0 Å². The molecule has 0 amide bonds. The van der Waals surface area contributed by atoms with Crippen LogP contribution in [-0.2, 0) is 28.6 Å². The number of esters is 3. The summed E-state index contributed by atoms with van der Waals surface area (Å²) in [7, 11) is 1.19. The predicted octanol–water partition coefficient (Wildman–Crippen LogP) is 0.679. The largest absolute Gasteiger partial charge is 0.466 e. The van der Waals surface area contributed by atoms with Crippen molar-refractivity contribution in [2.75, 3.05) is 7.11 Å². The highest BCUT2D eigenvalue weighted by atomic mass is 16.6. The van der Waals surface area contributed by atoms with Crippen molar-refractivity contribution in [3.63, 3.8) is 0 Å². The Morgan fingerprint density at radius 2 is 1.18 bits per heavy atom. The maximum atomic E-state index is 11.4. The zero-order valence-corrected chi connectivity index (χ0v) is 10.7. The lowest BCUT2D eigenvalue weighted by Gasteiger charge is -2.16.